The van der Waals surface area contributed by atoms with Crippen LogP contribution in [0.3, 0.4) is 0 Å². The molecule has 5 nitrogen and oxygen atoms in total. The monoisotopic (exact) mass is 333 g/mol. The Kier molecular flexibility index (Phi) is 5.74. The first kappa shape index (κ1) is 17.4. The summed E-state index contributed by atoms with van der Waals surface area (Å²) in [6.07, 6.45) is 0.761. The molecule has 1 unspecified atom stereocenters. The van der Waals surface area contributed by atoms with Crippen LogP contribution >= 0.6 is 11.3 Å². The Balaban J connectivity index is 2.07. The molecule has 0 saturated heterocycles. The molecule has 23 heavy (non-hydrogen) atoms. The van der Waals surface area contributed by atoms with Crippen LogP contribution < -0.4 is 10.6 Å². The highest BCUT2D eigenvalue weighted by Gasteiger charge is 2.29. The van der Waals surface area contributed by atoms with Crippen LogP contribution in [0.2, 0.25) is 0 Å². The topological polar surface area (TPSA) is 63.2 Å². The van der Waals surface area contributed by atoms with Crippen LogP contribution in [0.15, 0.2) is 29.6 Å². The molecule has 0 fully saturated rings. The second-order valence-electron chi connectivity index (χ2n) is 5.69. The van der Waals surface area contributed by atoms with Gasteiger partial charge in [0.25, 0.3) is 0 Å². The number of aromatic nitrogens is 1. The van der Waals surface area contributed by atoms with Crippen molar-refractivity contribution < 1.29 is 9.53 Å². The molecule has 1 aromatic heterocycles. The number of rotatable bonds is 6. The van der Waals surface area contributed by atoms with E-state index in [0.717, 1.165) is 28.4 Å². The quantitative estimate of drug-likeness (QED) is 0.838. The molecule has 0 radical (unpaired) electrons. The van der Waals surface area contributed by atoms with Gasteiger partial charge in [-0.3, -0.25) is 0 Å². The van der Waals surface area contributed by atoms with E-state index in [2.05, 4.69) is 15.6 Å². The van der Waals surface area contributed by atoms with Gasteiger partial charge in [0, 0.05) is 23.9 Å². The molecular formula is C17H23N3O2S. The van der Waals surface area contributed by atoms with Gasteiger partial charge in [0.15, 0.2) is 0 Å². The van der Waals surface area contributed by atoms with Gasteiger partial charge in [0.1, 0.15) is 5.01 Å². The minimum atomic E-state index is -0.479. The molecule has 1 atom stereocenters. The van der Waals surface area contributed by atoms with E-state index in [0.29, 0.717) is 6.61 Å². The van der Waals surface area contributed by atoms with Gasteiger partial charge >= 0.3 is 6.03 Å². The van der Waals surface area contributed by atoms with Gasteiger partial charge in [-0.05, 0) is 38.0 Å². The van der Waals surface area contributed by atoms with Crippen LogP contribution in [0.25, 0.3) is 0 Å². The molecule has 2 amide bonds. The molecule has 0 spiro atoms. The van der Waals surface area contributed by atoms with E-state index in [1.165, 1.54) is 0 Å². The van der Waals surface area contributed by atoms with Gasteiger partial charge in [0.2, 0.25) is 0 Å². The largest absolute Gasteiger partial charge is 0.380 e. The average molecular weight is 333 g/mol. The Hall–Kier alpha value is -1.92. The lowest BCUT2D eigenvalue weighted by Gasteiger charge is -2.27. The summed E-state index contributed by atoms with van der Waals surface area (Å²) in [6.45, 7) is 6.50. The van der Waals surface area contributed by atoms with Crippen molar-refractivity contribution in [3.63, 3.8) is 0 Å². The maximum absolute atomic E-state index is 12.4. The van der Waals surface area contributed by atoms with Gasteiger partial charge in [-0.15, -0.1) is 11.3 Å². The number of amides is 2. The molecule has 2 aromatic rings. The number of nitrogens with zero attached hydrogens (tertiary/aromatic N) is 1. The van der Waals surface area contributed by atoms with Gasteiger partial charge in [-0.1, -0.05) is 19.1 Å². The highest BCUT2D eigenvalue weighted by atomic mass is 32.1. The Morgan fingerprint density at radius 3 is 2.83 bits per heavy atom. The summed E-state index contributed by atoms with van der Waals surface area (Å²) >= 11 is 1.57. The maximum atomic E-state index is 12.4. The van der Waals surface area contributed by atoms with E-state index in [9.17, 15) is 4.79 Å². The molecule has 1 heterocycles. The van der Waals surface area contributed by atoms with Gasteiger partial charge in [-0.25, -0.2) is 9.78 Å². The number of hydrogen-bond acceptors (Lipinski definition) is 4. The first-order valence-corrected chi connectivity index (χ1v) is 8.44. The van der Waals surface area contributed by atoms with Gasteiger partial charge < -0.3 is 15.4 Å². The van der Waals surface area contributed by atoms with Crippen molar-refractivity contribution >= 4 is 23.1 Å². The lowest BCUT2D eigenvalue weighted by Crippen LogP contribution is -2.45. The zero-order valence-corrected chi connectivity index (χ0v) is 14.8. The number of thiazole rings is 1. The van der Waals surface area contributed by atoms with E-state index in [-0.39, 0.29) is 6.03 Å². The molecule has 2 rings (SSSR count). The van der Waals surface area contributed by atoms with Crippen LogP contribution in [-0.2, 0) is 16.9 Å². The second kappa shape index (κ2) is 7.57. The number of aryl methyl sites for hydroxylation is 1. The van der Waals surface area contributed by atoms with Crippen LogP contribution in [0, 0.1) is 6.92 Å². The molecule has 124 valence electrons. The van der Waals surface area contributed by atoms with Crippen molar-refractivity contribution in [2.24, 2.45) is 0 Å². The van der Waals surface area contributed by atoms with Crippen molar-refractivity contribution in [3.05, 3.63) is 45.9 Å². The summed E-state index contributed by atoms with van der Waals surface area (Å²) in [5.41, 5.74) is 2.25. The fourth-order valence-corrected chi connectivity index (χ4v) is 3.21. The van der Waals surface area contributed by atoms with E-state index in [1.54, 1.807) is 18.4 Å². The molecule has 0 aliphatic heterocycles. The molecule has 1 aromatic carbocycles. The van der Waals surface area contributed by atoms with Crippen molar-refractivity contribution in [1.29, 1.82) is 0 Å². The van der Waals surface area contributed by atoms with E-state index in [4.69, 9.17) is 4.74 Å². The molecule has 0 aliphatic carbocycles. The summed E-state index contributed by atoms with van der Waals surface area (Å²) in [6, 6.07) is 7.38. The lowest BCUT2D eigenvalue weighted by atomic mass is 10.0. The van der Waals surface area contributed by atoms with Gasteiger partial charge in [-0.2, -0.15) is 0 Å². The number of hydrogen-bond donors (Lipinski definition) is 2. The van der Waals surface area contributed by atoms with Crippen molar-refractivity contribution in [2.75, 3.05) is 12.4 Å². The minimum absolute atomic E-state index is 0.239. The number of ether oxygens (including phenoxy) is 1. The molecule has 0 aliphatic rings. The fourth-order valence-electron chi connectivity index (χ4n) is 2.22. The standard InChI is InChI=1S/C17H23N3O2S/c1-5-17(3,15-18-12(2)11-23-15)20-16(21)19-14-8-6-7-13(9-14)10-22-4/h6-9,11H,5,10H2,1-4H3,(H2,19,20,21). The Morgan fingerprint density at radius 1 is 1.43 bits per heavy atom. The predicted molar refractivity (Wildman–Crippen MR) is 93.8 cm³/mol. The summed E-state index contributed by atoms with van der Waals surface area (Å²) < 4.78 is 5.11. The normalized spacial score (nSPS) is 13.4. The number of nitrogens with one attached hydrogen (secondary N) is 2. The zero-order valence-electron chi connectivity index (χ0n) is 14.0. The van der Waals surface area contributed by atoms with Crippen molar-refractivity contribution in [1.82, 2.24) is 10.3 Å². The van der Waals surface area contributed by atoms with Crippen LogP contribution in [0.5, 0.6) is 0 Å². The third kappa shape index (κ3) is 4.53. The molecular weight excluding hydrogens is 310 g/mol. The van der Waals surface area contributed by atoms with Crippen molar-refractivity contribution in [2.45, 2.75) is 39.3 Å². The van der Waals surface area contributed by atoms with E-state index < -0.39 is 5.54 Å². The Bertz CT molecular complexity index is 671. The summed E-state index contributed by atoms with van der Waals surface area (Å²) in [5.74, 6) is 0. The zero-order chi connectivity index (χ0) is 16.9. The Labute approximate surface area is 141 Å². The first-order chi connectivity index (χ1) is 11.0. The van der Waals surface area contributed by atoms with Crippen LogP contribution in [-0.4, -0.2) is 18.1 Å². The molecule has 0 bridgehead atoms. The molecule has 6 heteroatoms. The first-order valence-electron chi connectivity index (χ1n) is 7.56. The summed E-state index contributed by atoms with van der Waals surface area (Å²) in [7, 11) is 1.65. The maximum Gasteiger partial charge on any atom is 0.320 e. The van der Waals surface area contributed by atoms with Crippen LogP contribution in [0.1, 0.15) is 36.5 Å². The highest BCUT2D eigenvalue weighted by Crippen LogP contribution is 2.27. The number of anilines is 1. The van der Waals surface area contributed by atoms with Crippen LogP contribution in [0.4, 0.5) is 10.5 Å². The van der Waals surface area contributed by atoms with Crippen molar-refractivity contribution in [3.8, 4) is 0 Å². The van der Waals surface area contributed by atoms with Gasteiger partial charge in [0.05, 0.1) is 12.1 Å². The highest BCUT2D eigenvalue weighted by molar-refractivity contribution is 7.09. The number of benzene rings is 1. The average Bonchev–Trinajstić information content (AvgIpc) is 2.95. The van der Waals surface area contributed by atoms with E-state index >= 15 is 0 Å². The minimum Gasteiger partial charge on any atom is -0.380 e. The fraction of sp³-hybridized carbons (Fsp3) is 0.412. The predicted octanol–water partition coefficient (Wildman–Crippen LogP) is 4.04. The molecule has 0 saturated carbocycles. The number of carbonyl (C=O) groups excluding carboxylic acids is 1. The van der Waals surface area contributed by atoms with E-state index in [1.807, 2.05) is 50.4 Å². The number of carbonyl (C=O) groups is 1. The summed E-state index contributed by atoms with van der Waals surface area (Å²) in [4.78, 5) is 16.9. The smallest absolute Gasteiger partial charge is 0.320 e. The lowest BCUT2D eigenvalue weighted by molar-refractivity contribution is 0.185. The SMILES string of the molecule is CCC(C)(NC(=O)Nc1cccc(COC)c1)c1nc(C)cs1. The number of methoxy groups -OCH3 is 1. The second-order valence-corrected chi connectivity index (χ2v) is 6.55. The molecule has 2 N–H and O–H groups in total. The number of urea groups is 1. The summed E-state index contributed by atoms with van der Waals surface area (Å²) in [5, 5.41) is 8.83. The third-order valence-electron chi connectivity index (χ3n) is 3.68. The third-order valence-corrected chi connectivity index (χ3v) is 4.91. The Morgan fingerprint density at radius 2 is 2.22 bits per heavy atom.